The Hall–Kier alpha value is -3.00. The van der Waals surface area contributed by atoms with Gasteiger partial charge in [0.1, 0.15) is 12.2 Å². The first kappa shape index (κ1) is 24.1. The van der Waals surface area contributed by atoms with Crippen LogP contribution in [-0.2, 0) is 6.61 Å². The SMILES string of the molecule is CCOc1cc(/C=N/NC(=O)c2cc3ccccc3o2)c(Br)cc1OCc1ccc(Cl)cc1Cl. The van der Waals surface area contributed by atoms with E-state index in [9.17, 15) is 4.79 Å². The highest BCUT2D eigenvalue weighted by Crippen LogP contribution is 2.34. The largest absolute Gasteiger partial charge is 0.490 e. The van der Waals surface area contributed by atoms with Crippen LogP contribution in [0.2, 0.25) is 10.0 Å². The summed E-state index contributed by atoms with van der Waals surface area (Å²) in [6.45, 7) is 2.56. The average molecular weight is 562 g/mol. The fraction of sp³-hybridized carbons (Fsp3) is 0.120. The molecule has 0 radical (unpaired) electrons. The van der Waals surface area contributed by atoms with Crippen molar-refractivity contribution in [3.8, 4) is 11.5 Å². The first-order valence-corrected chi connectivity index (χ1v) is 11.8. The number of carbonyl (C=O) groups is 1. The molecule has 0 bridgehead atoms. The van der Waals surface area contributed by atoms with Gasteiger partial charge in [0.25, 0.3) is 0 Å². The number of furan rings is 1. The Morgan fingerprint density at radius 2 is 1.88 bits per heavy atom. The second-order valence-electron chi connectivity index (χ2n) is 7.13. The highest BCUT2D eigenvalue weighted by molar-refractivity contribution is 9.10. The lowest BCUT2D eigenvalue weighted by Gasteiger charge is -2.14. The number of benzene rings is 3. The summed E-state index contributed by atoms with van der Waals surface area (Å²) < 4.78 is 17.9. The maximum atomic E-state index is 12.4. The predicted octanol–water partition coefficient (Wildman–Crippen LogP) is 7.24. The molecule has 1 N–H and O–H groups in total. The molecule has 0 unspecified atom stereocenters. The third kappa shape index (κ3) is 5.73. The van der Waals surface area contributed by atoms with Crippen molar-refractivity contribution in [2.45, 2.75) is 13.5 Å². The number of carbonyl (C=O) groups excluding carboxylic acids is 1. The van der Waals surface area contributed by atoms with E-state index in [1.54, 1.807) is 36.4 Å². The molecule has 1 aromatic heterocycles. The van der Waals surface area contributed by atoms with Crippen molar-refractivity contribution in [1.82, 2.24) is 5.43 Å². The van der Waals surface area contributed by atoms with Crippen LogP contribution in [0.15, 0.2) is 74.7 Å². The number of hydrazone groups is 1. The molecule has 0 saturated carbocycles. The van der Waals surface area contributed by atoms with E-state index in [-0.39, 0.29) is 12.4 Å². The van der Waals surface area contributed by atoms with E-state index < -0.39 is 5.91 Å². The third-order valence-electron chi connectivity index (χ3n) is 4.78. The monoisotopic (exact) mass is 560 g/mol. The Morgan fingerprint density at radius 1 is 1.09 bits per heavy atom. The van der Waals surface area contributed by atoms with E-state index in [0.29, 0.717) is 43.8 Å². The minimum Gasteiger partial charge on any atom is -0.490 e. The number of ether oxygens (including phenoxy) is 2. The van der Waals surface area contributed by atoms with Crippen LogP contribution in [0.5, 0.6) is 11.5 Å². The van der Waals surface area contributed by atoms with E-state index in [0.717, 1.165) is 10.9 Å². The van der Waals surface area contributed by atoms with Gasteiger partial charge in [0.05, 0.1) is 12.8 Å². The van der Waals surface area contributed by atoms with Crippen molar-refractivity contribution in [2.24, 2.45) is 5.10 Å². The van der Waals surface area contributed by atoms with Crippen LogP contribution < -0.4 is 14.9 Å². The van der Waals surface area contributed by atoms with Gasteiger partial charge in [-0.05, 0) is 59.3 Å². The molecule has 3 aromatic carbocycles. The number of rotatable bonds is 8. The van der Waals surface area contributed by atoms with E-state index in [2.05, 4.69) is 26.5 Å². The molecule has 0 spiro atoms. The summed E-state index contributed by atoms with van der Waals surface area (Å²) in [6, 6.07) is 17.8. The zero-order valence-corrected chi connectivity index (χ0v) is 21.1. The van der Waals surface area contributed by atoms with Crippen LogP contribution in [0.3, 0.4) is 0 Å². The van der Waals surface area contributed by atoms with Gasteiger partial charge in [-0.25, -0.2) is 5.43 Å². The molecule has 0 saturated heterocycles. The molecule has 0 aliphatic carbocycles. The minimum atomic E-state index is -0.451. The number of nitrogens with one attached hydrogen (secondary N) is 1. The standard InChI is InChI=1S/C25H19BrCl2N2O4/c1-2-32-22-10-17(13-29-30-25(31)24-9-15-5-3-4-6-21(15)34-24)19(26)12-23(22)33-14-16-7-8-18(27)11-20(16)28/h3-13H,2,14H2,1H3,(H,30,31)/b29-13+. The molecule has 34 heavy (non-hydrogen) atoms. The van der Waals surface area contributed by atoms with Crippen LogP contribution in [0.1, 0.15) is 28.6 Å². The number of hydrogen-bond donors (Lipinski definition) is 1. The first-order valence-electron chi connectivity index (χ1n) is 10.3. The Labute approximate surface area is 214 Å². The summed E-state index contributed by atoms with van der Waals surface area (Å²) in [7, 11) is 0. The van der Waals surface area contributed by atoms with Gasteiger partial charge in [-0.2, -0.15) is 5.10 Å². The Bertz CT molecular complexity index is 1340. The summed E-state index contributed by atoms with van der Waals surface area (Å²) >= 11 is 15.7. The minimum absolute atomic E-state index is 0.178. The zero-order chi connectivity index (χ0) is 24.1. The fourth-order valence-corrected chi connectivity index (χ4v) is 4.02. The summed E-state index contributed by atoms with van der Waals surface area (Å²) in [6.07, 6.45) is 1.51. The summed E-state index contributed by atoms with van der Waals surface area (Å²) in [5, 5.41) is 5.98. The average Bonchev–Trinajstić information content (AvgIpc) is 3.25. The van der Waals surface area contributed by atoms with Gasteiger partial charge in [0.15, 0.2) is 17.3 Å². The second-order valence-corrected chi connectivity index (χ2v) is 8.82. The van der Waals surface area contributed by atoms with E-state index >= 15 is 0 Å². The Kier molecular flexibility index (Phi) is 7.77. The second kappa shape index (κ2) is 11.0. The molecule has 6 nitrogen and oxygen atoms in total. The van der Waals surface area contributed by atoms with Crippen LogP contribution in [0.4, 0.5) is 0 Å². The summed E-state index contributed by atoms with van der Waals surface area (Å²) in [5.41, 5.74) is 4.59. The molecule has 174 valence electrons. The number of hydrogen-bond acceptors (Lipinski definition) is 5. The number of para-hydroxylation sites is 1. The van der Waals surface area contributed by atoms with Gasteiger partial charge >= 0.3 is 5.91 Å². The molecule has 1 heterocycles. The quantitative estimate of drug-likeness (QED) is 0.182. The number of nitrogens with zero attached hydrogens (tertiary/aromatic N) is 1. The third-order valence-corrected chi connectivity index (χ3v) is 6.05. The molecular formula is C25H19BrCl2N2O4. The van der Waals surface area contributed by atoms with Crippen molar-refractivity contribution < 1.29 is 18.7 Å². The topological polar surface area (TPSA) is 73.1 Å². The number of amides is 1. The molecule has 0 fully saturated rings. The van der Waals surface area contributed by atoms with Crippen molar-refractivity contribution in [3.05, 3.63) is 92.1 Å². The highest BCUT2D eigenvalue weighted by atomic mass is 79.9. The molecule has 4 aromatic rings. The Balaban J connectivity index is 1.47. The van der Waals surface area contributed by atoms with Gasteiger partial charge in [0.2, 0.25) is 0 Å². The fourth-order valence-electron chi connectivity index (χ4n) is 3.13. The maximum Gasteiger partial charge on any atom is 0.307 e. The van der Waals surface area contributed by atoms with Crippen LogP contribution in [0.25, 0.3) is 11.0 Å². The van der Waals surface area contributed by atoms with Gasteiger partial charge in [-0.15, -0.1) is 0 Å². The van der Waals surface area contributed by atoms with Crippen molar-refractivity contribution in [1.29, 1.82) is 0 Å². The summed E-state index contributed by atoms with van der Waals surface area (Å²) in [4.78, 5) is 12.4. The molecule has 9 heteroatoms. The van der Waals surface area contributed by atoms with Crippen LogP contribution in [0, 0.1) is 0 Å². The van der Waals surface area contributed by atoms with Gasteiger partial charge in [-0.3, -0.25) is 4.79 Å². The van der Waals surface area contributed by atoms with E-state index in [1.165, 1.54) is 6.21 Å². The van der Waals surface area contributed by atoms with Gasteiger partial charge in [-0.1, -0.05) is 47.5 Å². The lowest BCUT2D eigenvalue weighted by molar-refractivity contribution is 0.0929. The normalized spacial score (nSPS) is 11.2. The molecule has 0 atom stereocenters. The van der Waals surface area contributed by atoms with Crippen LogP contribution in [-0.4, -0.2) is 18.7 Å². The zero-order valence-electron chi connectivity index (χ0n) is 18.0. The van der Waals surface area contributed by atoms with Gasteiger partial charge < -0.3 is 13.9 Å². The van der Waals surface area contributed by atoms with Crippen molar-refractivity contribution in [2.75, 3.05) is 6.61 Å². The van der Waals surface area contributed by atoms with Gasteiger partial charge in [0, 0.05) is 31.0 Å². The predicted molar refractivity (Wildman–Crippen MR) is 137 cm³/mol. The Morgan fingerprint density at radius 3 is 2.65 bits per heavy atom. The number of halogens is 3. The van der Waals surface area contributed by atoms with E-state index in [4.69, 9.17) is 37.1 Å². The number of fused-ring (bicyclic) bond motifs is 1. The smallest absolute Gasteiger partial charge is 0.307 e. The molecule has 1 amide bonds. The lowest BCUT2D eigenvalue weighted by atomic mass is 10.2. The molecule has 0 aliphatic rings. The summed E-state index contributed by atoms with van der Waals surface area (Å²) in [5.74, 6) is 0.787. The molecule has 0 aliphatic heterocycles. The van der Waals surface area contributed by atoms with Crippen molar-refractivity contribution >= 4 is 62.2 Å². The lowest BCUT2D eigenvalue weighted by Crippen LogP contribution is -2.16. The van der Waals surface area contributed by atoms with Crippen molar-refractivity contribution in [3.63, 3.8) is 0 Å². The molecular weight excluding hydrogens is 543 g/mol. The highest BCUT2D eigenvalue weighted by Gasteiger charge is 2.13. The van der Waals surface area contributed by atoms with Crippen LogP contribution >= 0.6 is 39.1 Å². The maximum absolute atomic E-state index is 12.4. The first-order chi connectivity index (χ1) is 16.4. The van der Waals surface area contributed by atoms with E-state index in [1.807, 2.05) is 31.2 Å². The molecule has 4 rings (SSSR count).